The molecule has 0 spiro atoms. The van der Waals surface area contributed by atoms with Gasteiger partial charge in [-0.25, -0.2) is 0 Å². The van der Waals surface area contributed by atoms with Gasteiger partial charge >= 0.3 is 0 Å². The number of fused-ring (bicyclic) bond motifs is 1. The number of nitrogens with two attached hydrogens (primary N) is 1. The standard InChI is InChI=1S/C16H20N2OS/c1-11(17)14-4-2-3-8-18(14)16(19)13-5-6-15-12(10-13)7-9-20-15/h5-7,9-11,14H,2-4,8,17H2,1H3. The monoisotopic (exact) mass is 288 g/mol. The smallest absolute Gasteiger partial charge is 0.254 e. The van der Waals surface area contributed by atoms with Crippen LogP contribution in [-0.4, -0.2) is 29.4 Å². The quantitative estimate of drug-likeness (QED) is 0.922. The van der Waals surface area contributed by atoms with Crippen LogP contribution in [0.1, 0.15) is 36.5 Å². The number of amides is 1. The van der Waals surface area contributed by atoms with Crippen LogP contribution in [0.2, 0.25) is 0 Å². The third-order valence-corrected chi connectivity index (χ3v) is 5.01. The van der Waals surface area contributed by atoms with Crippen molar-refractivity contribution in [2.45, 2.75) is 38.3 Å². The Morgan fingerprint density at radius 2 is 2.25 bits per heavy atom. The molecule has 3 nitrogen and oxygen atoms in total. The molecule has 3 rings (SSSR count). The number of carbonyl (C=O) groups is 1. The summed E-state index contributed by atoms with van der Waals surface area (Å²) in [4.78, 5) is 14.7. The van der Waals surface area contributed by atoms with Gasteiger partial charge in [-0.2, -0.15) is 0 Å². The average molecular weight is 288 g/mol. The molecule has 1 aromatic heterocycles. The molecule has 4 heteroatoms. The number of nitrogens with zero attached hydrogens (tertiary/aromatic N) is 1. The van der Waals surface area contributed by atoms with Gasteiger partial charge in [-0.05, 0) is 61.2 Å². The molecule has 1 fully saturated rings. The zero-order valence-electron chi connectivity index (χ0n) is 11.7. The fourth-order valence-electron chi connectivity index (χ4n) is 3.02. The first-order valence-corrected chi connectivity index (χ1v) is 8.08. The zero-order chi connectivity index (χ0) is 14.1. The van der Waals surface area contributed by atoms with Crippen molar-refractivity contribution in [3.8, 4) is 0 Å². The third-order valence-electron chi connectivity index (χ3n) is 4.12. The molecule has 2 aromatic rings. The lowest BCUT2D eigenvalue weighted by molar-refractivity contribution is 0.0584. The number of hydrogen-bond acceptors (Lipinski definition) is 3. The number of carbonyl (C=O) groups excluding carboxylic acids is 1. The Labute approximate surface area is 123 Å². The second-order valence-corrected chi connectivity index (χ2v) is 6.54. The van der Waals surface area contributed by atoms with Crippen LogP contribution in [-0.2, 0) is 0 Å². The Balaban J connectivity index is 1.89. The molecule has 1 aromatic carbocycles. The molecule has 1 saturated heterocycles. The molecule has 0 radical (unpaired) electrons. The van der Waals surface area contributed by atoms with Gasteiger partial charge in [0.25, 0.3) is 5.91 Å². The van der Waals surface area contributed by atoms with Gasteiger partial charge in [-0.3, -0.25) is 4.79 Å². The Kier molecular flexibility index (Phi) is 3.76. The normalized spacial score (nSPS) is 21.1. The van der Waals surface area contributed by atoms with Gasteiger partial charge in [-0.15, -0.1) is 11.3 Å². The maximum absolute atomic E-state index is 12.8. The summed E-state index contributed by atoms with van der Waals surface area (Å²) < 4.78 is 1.23. The lowest BCUT2D eigenvalue weighted by Gasteiger charge is -2.38. The van der Waals surface area contributed by atoms with Crippen LogP contribution >= 0.6 is 11.3 Å². The van der Waals surface area contributed by atoms with Crippen molar-refractivity contribution in [2.75, 3.05) is 6.54 Å². The summed E-state index contributed by atoms with van der Waals surface area (Å²) in [6.45, 7) is 2.82. The summed E-state index contributed by atoms with van der Waals surface area (Å²) in [5.41, 5.74) is 6.84. The maximum Gasteiger partial charge on any atom is 0.254 e. The summed E-state index contributed by atoms with van der Waals surface area (Å²) in [6.07, 6.45) is 3.26. The highest BCUT2D eigenvalue weighted by atomic mass is 32.1. The molecule has 2 heterocycles. The van der Waals surface area contributed by atoms with Crippen LogP contribution in [0.3, 0.4) is 0 Å². The van der Waals surface area contributed by atoms with E-state index in [-0.39, 0.29) is 18.0 Å². The van der Waals surface area contributed by atoms with E-state index in [0.717, 1.165) is 30.3 Å². The lowest BCUT2D eigenvalue weighted by Crippen LogP contribution is -2.51. The molecule has 0 saturated carbocycles. The molecular formula is C16H20N2OS. The Bertz CT molecular complexity index is 620. The highest BCUT2D eigenvalue weighted by Gasteiger charge is 2.29. The van der Waals surface area contributed by atoms with Crippen LogP contribution in [0.5, 0.6) is 0 Å². The molecule has 2 atom stereocenters. The van der Waals surface area contributed by atoms with Gasteiger partial charge < -0.3 is 10.6 Å². The van der Waals surface area contributed by atoms with Crippen molar-refractivity contribution in [1.82, 2.24) is 4.90 Å². The molecule has 0 aliphatic carbocycles. The molecule has 1 aliphatic heterocycles. The van der Waals surface area contributed by atoms with E-state index in [9.17, 15) is 4.79 Å². The summed E-state index contributed by atoms with van der Waals surface area (Å²) in [6, 6.07) is 8.25. The molecule has 0 bridgehead atoms. The van der Waals surface area contributed by atoms with Crippen LogP contribution < -0.4 is 5.73 Å². The number of rotatable bonds is 2. The van der Waals surface area contributed by atoms with E-state index in [0.29, 0.717) is 0 Å². The number of likely N-dealkylation sites (tertiary alicyclic amines) is 1. The van der Waals surface area contributed by atoms with Crippen molar-refractivity contribution < 1.29 is 4.79 Å². The molecule has 2 N–H and O–H groups in total. The molecule has 106 valence electrons. The molecule has 2 unspecified atom stereocenters. The second-order valence-electron chi connectivity index (χ2n) is 5.59. The van der Waals surface area contributed by atoms with E-state index >= 15 is 0 Å². The fraction of sp³-hybridized carbons (Fsp3) is 0.438. The first-order valence-electron chi connectivity index (χ1n) is 7.20. The topological polar surface area (TPSA) is 46.3 Å². The average Bonchev–Trinajstić information content (AvgIpc) is 2.93. The minimum Gasteiger partial charge on any atom is -0.334 e. The van der Waals surface area contributed by atoms with E-state index < -0.39 is 0 Å². The number of hydrogen-bond donors (Lipinski definition) is 1. The van der Waals surface area contributed by atoms with E-state index in [2.05, 4.69) is 11.4 Å². The van der Waals surface area contributed by atoms with Crippen molar-refractivity contribution in [3.63, 3.8) is 0 Å². The minimum atomic E-state index is 0.0316. The van der Waals surface area contributed by atoms with Crippen LogP contribution in [0.4, 0.5) is 0 Å². The van der Waals surface area contributed by atoms with Gasteiger partial charge in [0.1, 0.15) is 0 Å². The van der Waals surface area contributed by atoms with E-state index in [1.165, 1.54) is 11.1 Å². The van der Waals surface area contributed by atoms with Gasteiger partial charge in [0.2, 0.25) is 0 Å². The second kappa shape index (κ2) is 5.54. The molecule has 1 aliphatic rings. The summed E-state index contributed by atoms with van der Waals surface area (Å²) in [7, 11) is 0. The molecule has 20 heavy (non-hydrogen) atoms. The van der Waals surface area contributed by atoms with Crippen molar-refractivity contribution in [3.05, 3.63) is 35.2 Å². The van der Waals surface area contributed by atoms with Gasteiger partial charge in [0.05, 0.1) is 0 Å². The Morgan fingerprint density at radius 1 is 1.40 bits per heavy atom. The van der Waals surface area contributed by atoms with Crippen LogP contribution in [0, 0.1) is 0 Å². The van der Waals surface area contributed by atoms with Gasteiger partial charge in [0.15, 0.2) is 0 Å². The summed E-state index contributed by atoms with van der Waals surface area (Å²) >= 11 is 1.70. The third kappa shape index (κ3) is 2.45. The predicted molar refractivity (Wildman–Crippen MR) is 84.1 cm³/mol. The van der Waals surface area contributed by atoms with Crippen molar-refractivity contribution >= 4 is 27.3 Å². The number of benzene rings is 1. The zero-order valence-corrected chi connectivity index (χ0v) is 12.5. The van der Waals surface area contributed by atoms with E-state index in [4.69, 9.17) is 5.73 Å². The predicted octanol–water partition coefficient (Wildman–Crippen LogP) is 3.24. The van der Waals surface area contributed by atoms with Crippen LogP contribution in [0.25, 0.3) is 10.1 Å². The highest BCUT2D eigenvalue weighted by molar-refractivity contribution is 7.17. The summed E-state index contributed by atoms with van der Waals surface area (Å²) in [5.74, 6) is 0.125. The van der Waals surface area contributed by atoms with E-state index in [1.54, 1.807) is 11.3 Å². The highest BCUT2D eigenvalue weighted by Crippen LogP contribution is 2.25. The van der Waals surface area contributed by atoms with Gasteiger partial charge in [-0.1, -0.05) is 0 Å². The summed E-state index contributed by atoms with van der Waals surface area (Å²) in [5, 5.41) is 3.21. The van der Waals surface area contributed by atoms with Crippen molar-refractivity contribution in [1.29, 1.82) is 0 Å². The van der Waals surface area contributed by atoms with Crippen LogP contribution in [0.15, 0.2) is 29.6 Å². The van der Waals surface area contributed by atoms with E-state index in [1.807, 2.05) is 30.0 Å². The van der Waals surface area contributed by atoms with Gasteiger partial charge in [0, 0.05) is 28.9 Å². The Hall–Kier alpha value is -1.39. The number of thiophene rings is 1. The maximum atomic E-state index is 12.8. The first-order chi connectivity index (χ1) is 9.66. The first kappa shape index (κ1) is 13.6. The Morgan fingerprint density at radius 3 is 3.05 bits per heavy atom. The van der Waals surface area contributed by atoms with Crippen molar-refractivity contribution in [2.24, 2.45) is 5.73 Å². The minimum absolute atomic E-state index is 0.0316. The lowest BCUT2D eigenvalue weighted by atomic mass is 9.96. The fourth-order valence-corrected chi connectivity index (χ4v) is 3.79. The number of piperidine rings is 1. The SMILES string of the molecule is CC(N)C1CCCCN1C(=O)c1ccc2sccc2c1. The molecule has 1 amide bonds. The largest absolute Gasteiger partial charge is 0.334 e. The molecular weight excluding hydrogens is 268 g/mol.